The molecule has 114 valence electrons. The highest BCUT2D eigenvalue weighted by atomic mass is 35.5. The lowest BCUT2D eigenvalue weighted by molar-refractivity contribution is 0.598. The summed E-state index contributed by atoms with van der Waals surface area (Å²) in [6.07, 6.45) is 0. The molecule has 0 saturated carbocycles. The zero-order chi connectivity index (χ0) is 15.6. The van der Waals surface area contributed by atoms with Crippen LogP contribution in [0.5, 0.6) is 0 Å². The molecular weight excluding hydrogens is 335 g/mol. The smallest absolute Gasteiger partial charge is 0.263 e. The molecule has 2 N–H and O–H groups in total. The van der Waals surface area contributed by atoms with Crippen LogP contribution in [0.1, 0.15) is 9.75 Å². The molecule has 2 aromatic rings. The van der Waals surface area contributed by atoms with Crippen LogP contribution in [-0.2, 0) is 16.6 Å². The van der Waals surface area contributed by atoms with E-state index in [1.165, 1.54) is 29.5 Å². The number of benzene rings is 1. The van der Waals surface area contributed by atoms with Crippen molar-refractivity contribution in [3.8, 4) is 0 Å². The fourth-order valence-electron chi connectivity index (χ4n) is 1.83. The first kappa shape index (κ1) is 16.2. The van der Waals surface area contributed by atoms with Crippen LogP contribution in [0.4, 0.5) is 10.1 Å². The van der Waals surface area contributed by atoms with Gasteiger partial charge in [-0.3, -0.25) is 4.72 Å². The normalized spacial score (nSPS) is 11.6. The Morgan fingerprint density at radius 1 is 1.38 bits per heavy atom. The molecule has 0 fully saturated rings. The van der Waals surface area contributed by atoms with Gasteiger partial charge in [0.15, 0.2) is 5.82 Å². The number of anilines is 1. The van der Waals surface area contributed by atoms with Gasteiger partial charge in [-0.05, 0) is 32.2 Å². The molecule has 1 heterocycles. The SMILES string of the molecule is CNCc1cc(S(=O)(=O)Nc2cccc(Cl)c2F)c(C)s1. The summed E-state index contributed by atoms with van der Waals surface area (Å²) in [5.41, 5.74) is -0.164. The number of sulfonamides is 1. The zero-order valence-electron chi connectivity index (χ0n) is 11.4. The van der Waals surface area contributed by atoms with Gasteiger partial charge < -0.3 is 5.32 Å². The van der Waals surface area contributed by atoms with Crippen LogP contribution in [0.2, 0.25) is 5.02 Å². The molecule has 0 saturated heterocycles. The molecule has 0 aliphatic carbocycles. The molecule has 1 aromatic carbocycles. The van der Waals surface area contributed by atoms with E-state index in [0.29, 0.717) is 11.4 Å². The average molecular weight is 349 g/mol. The Morgan fingerprint density at radius 2 is 2.10 bits per heavy atom. The van der Waals surface area contributed by atoms with Gasteiger partial charge in [-0.2, -0.15) is 0 Å². The predicted molar refractivity (Wildman–Crippen MR) is 84.0 cm³/mol. The van der Waals surface area contributed by atoms with Crippen LogP contribution in [0.3, 0.4) is 0 Å². The van der Waals surface area contributed by atoms with E-state index in [4.69, 9.17) is 11.6 Å². The highest BCUT2D eigenvalue weighted by Crippen LogP contribution is 2.29. The molecule has 8 heteroatoms. The minimum absolute atomic E-state index is 0.131. The maximum atomic E-state index is 13.8. The lowest BCUT2D eigenvalue weighted by atomic mass is 10.3. The quantitative estimate of drug-likeness (QED) is 0.871. The van der Waals surface area contributed by atoms with Crippen LogP contribution in [-0.4, -0.2) is 15.5 Å². The third-order valence-electron chi connectivity index (χ3n) is 2.76. The summed E-state index contributed by atoms with van der Waals surface area (Å²) >= 11 is 7.03. The predicted octanol–water partition coefficient (Wildman–Crippen LogP) is 3.37. The Balaban J connectivity index is 2.36. The number of hydrogen-bond acceptors (Lipinski definition) is 4. The second-order valence-corrected chi connectivity index (χ2v) is 7.77. The van der Waals surface area contributed by atoms with Crippen molar-refractivity contribution in [3.05, 3.63) is 44.9 Å². The van der Waals surface area contributed by atoms with Crippen molar-refractivity contribution < 1.29 is 12.8 Å². The molecule has 0 spiro atoms. The van der Waals surface area contributed by atoms with Crippen molar-refractivity contribution in [2.24, 2.45) is 0 Å². The number of nitrogens with one attached hydrogen (secondary N) is 2. The monoisotopic (exact) mass is 348 g/mol. The van der Waals surface area contributed by atoms with E-state index in [1.807, 2.05) is 0 Å². The van der Waals surface area contributed by atoms with Crippen molar-refractivity contribution in [1.29, 1.82) is 0 Å². The molecular formula is C13H14ClFN2O2S2. The van der Waals surface area contributed by atoms with Gasteiger partial charge in [-0.1, -0.05) is 17.7 Å². The summed E-state index contributed by atoms with van der Waals surface area (Å²) in [6.45, 7) is 2.29. The second-order valence-electron chi connectivity index (χ2n) is 4.37. The van der Waals surface area contributed by atoms with Gasteiger partial charge >= 0.3 is 0 Å². The van der Waals surface area contributed by atoms with Crippen molar-refractivity contribution in [2.45, 2.75) is 18.4 Å². The standard InChI is InChI=1S/C13H14ClFN2O2S2/c1-8-12(6-9(20-8)7-16-2)21(18,19)17-11-5-3-4-10(14)13(11)15/h3-6,16-17H,7H2,1-2H3. The van der Waals surface area contributed by atoms with Crippen molar-refractivity contribution >= 4 is 38.6 Å². The van der Waals surface area contributed by atoms with E-state index in [9.17, 15) is 12.8 Å². The molecule has 0 unspecified atom stereocenters. The molecule has 0 radical (unpaired) electrons. The zero-order valence-corrected chi connectivity index (χ0v) is 13.8. The summed E-state index contributed by atoms with van der Waals surface area (Å²) in [6, 6.07) is 5.75. The largest absolute Gasteiger partial charge is 0.315 e. The van der Waals surface area contributed by atoms with E-state index in [-0.39, 0.29) is 15.6 Å². The number of thiophene rings is 1. The van der Waals surface area contributed by atoms with Gasteiger partial charge in [0.1, 0.15) is 4.90 Å². The topological polar surface area (TPSA) is 58.2 Å². The van der Waals surface area contributed by atoms with Crippen molar-refractivity contribution in [1.82, 2.24) is 5.32 Å². The van der Waals surface area contributed by atoms with E-state index >= 15 is 0 Å². The van der Waals surface area contributed by atoms with Crippen LogP contribution >= 0.6 is 22.9 Å². The maximum Gasteiger partial charge on any atom is 0.263 e. The summed E-state index contributed by atoms with van der Waals surface area (Å²) in [5, 5.41) is 2.83. The van der Waals surface area contributed by atoms with Crippen LogP contribution in [0, 0.1) is 12.7 Å². The number of hydrogen-bond donors (Lipinski definition) is 2. The molecule has 0 aliphatic rings. The van der Waals surface area contributed by atoms with Crippen LogP contribution in [0.25, 0.3) is 0 Å². The minimum Gasteiger partial charge on any atom is -0.315 e. The first-order valence-electron chi connectivity index (χ1n) is 6.06. The summed E-state index contributed by atoms with van der Waals surface area (Å²) in [5.74, 6) is -0.786. The van der Waals surface area contributed by atoms with E-state index in [1.54, 1.807) is 20.0 Å². The lowest BCUT2D eigenvalue weighted by Crippen LogP contribution is -2.14. The van der Waals surface area contributed by atoms with E-state index in [2.05, 4.69) is 10.0 Å². The Kier molecular flexibility index (Phi) is 4.88. The molecule has 2 rings (SSSR count). The second kappa shape index (κ2) is 6.31. The van der Waals surface area contributed by atoms with Gasteiger partial charge in [0, 0.05) is 16.3 Å². The summed E-state index contributed by atoms with van der Waals surface area (Å²) in [7, 11) is -2.07. The Hall–Kier alpha value is -1.15. The Labute approximate surface area is 132 Å². The number of halogens is 2. The van der Waals surface area contributed by atoms with Crippen LogP contribution in [0.15, 0.2) is 29.2 Å². The van der Waals surface area contributed by atoms with Gasteiger partial charge in [0.2, 0.25) is 0 Å². The van der Waals surface area contributed by atoms with Gasteiger partial charge in [-0.25, -0.2) is 12.8 Å². The van der Waals surface area contributed by atoms with E-state index in [0.717, 1.165) is 4.88 Å². The molecule has 4 nitrogen and oxygen atoms in total. The third-order valence-corrected chi connectivity index (χ3v) is 5.72. The lowest BCUT2D eigenvalue weighted by Gasteiger charge is -2.09. The Bertz CT molecular complexity index is 760. The molecule has 0 bridgehead atoms. The molecule has 21 heavy (non-hydrogen) atoms. The van der Waals surface area contributed by atoms with E-state index < -0.39 is 15.8 Å². The van der Waals surface area contributed by atoms with Gasteiger partial charge in [-0.15, -0.1) is 11.3 Å². The Morgan fingerprint density at radius 3 is 2.76 bits per heavy atom. The summed E-state index contributed by atoms with van der Waals surface area (Å²) < 4.78 is 40.8. The fraction of sp³-hybridized carbons (Fsp3) is 0.231. The van der Waals surface area contributed by atoms with Crippen molar-refractivity contribution in [2.75, 3.05) is 11.8 Å². The highest BCUT2D eigenvalue weighted by molar-refractivity contribution is 7.93. The number of rotatable bonds is 5. The molecule has 0 aliphatic heterocycles. The highest BCUT2D eigenvalue weighted by Gasteiger charge is 2.21. The molecule has 1 aromatic heterocycles. The fourth-order valence-corrected chi connectivity index (χ4v) is 4.72. The number of aryl methyl sites for hydroxylation is 1. The van der Waals surface area contributed by atoms with Gasteiger partial charge in [0.05, 0.1) is 10.7 Å². The first-order valence-corrected chi connectivity index (χ1v) is 8.73. The molecule has 0 amide bonds. The molecule has 0 atom stereocenters. The van der Waals surface area contributed by atoms with Crippen LogP contribution < -0.4 is 10.0 Å². The van der Waals surface area contributed by atoms with Crippen molar-refractivity contribution in [3.63, 3.8) is 0 Å². The summed E-state index contributed by atoms with van der Waals surface area (Å²) in [4.78, 5) is 1.69. The average Bonchev–Trinajstić information content (AvgIpc) is 2.77. The minimum atomic E-state index is -3.85. The first-order chi connectivity index (χ1) is 9.85. The van der Waals surface area contributed by atoms with Gasteiger partial charge in [0.25, 0.3) is 10.0 Å². The third kappa shape index (κ3) is 3.55. The maximum absolute atomic E-state index is 13.8.